The molecule has 5 N–H and O–H groups in total. The number of nitrogens with zero attached hydrogens (tertiary/aromatic N) is 6. The first-order chi connectivity index (χ1) is 29.7. The number of benzene rings is 7. The number of aromatic hydroxyl groups is 1. The van der Waals surface area contributed by atoms with E-state index in [1.54, 1.807) is 103 Å². The molecule has 0 atom stereocenters. The van der Waals surface area contributed by atoms with Crippen LogP contribution in [0.25, 0.3) is 21.5 Å². The van der Waals surface area contributed by atoms with Crippen LogP contribution in [0.4, 0.5) is 45.5 Å². The molecule has 0 unspecified atom stereocenters. The smallest absolute Gasteiger partial charge is 0.303 e. The molecular formula is C45H36N8O8S. The number of fused-ring (bicyclic) bond motifs is 2. The summed E-state index contributed by atoms with van der Waals surface area (Å²) >= 11 is 0. The molecule has 0 radical (unpaired) electrons. The Labute approximate surface area is 354 Å². The summed E-state index contributed by atoms with van der Waals surface area (Å²) in [6.07, 6.45) is -0.421. The highest BCUT2D eigenvalue weighted by molar-refractivity contribution is 7.86. The molecule has 0 bridgehead atoms. The van der Waals surface area contributed by atoms with Crippen LogP contribution in [0.3, 0.4) is 0 Å². The predicted octanol–water partition coefficient (Wildman–Crippen LogP) is 11.9. The highest BCUT2D eigenvalue weighted by Gasteiger charge is 2.15. The van der Waals surface area contributed by atoms with Crippen molar-refractivity contribution in [3.63, 3.8) is 0 Å². The van der Waals surface area contributed by atoms with Crippen LogP contribution in [-0.2, 0) is 19.7 Å². The number of nitrogens with one attached hydrogen (secondary N) is 2. The van der Waals surface area contributed by atoms with Crippen molar-refractivity contribution in [2.45, 2.75) is 31.6 Å². The van der Waals surface area contributed by atoms with E-state index in [1.165, 1.54) is 18.2 Å². The first-order valence-corrected chi connectivity index (χ1v) is 20.3. The van der Waals surface area contributed by atoms with Gasteiger partial charge in [-0.25, -0.2) is 0 Å². The van der Waals surface area contributed by atoms with Gasteiger partial charge in [0.2, 0.25) is 5.91 Å². The van der Waals surface area contributed by atoms with E-state index in [0.717, 1.165) is 11.1 Å². The van der Waals surface area contributed by atoms with E-state index in [4.69, 9.17) is 5.11 Å². The summed E-state index contributed by atoms with van der Waals surface area (Å²) in [5.74, 6) is -1.99. The summed E-state index contributed by atoms with van der Waals surface area (Å²) in [4.78, 5) is 35.5. The summed E-state index contributed by atoms with van der Waals surface area (Å²) in [5, 5.41) is 53.1. The van der Waals surface area contributed by atoms with E-state index in [-0.39, 0.29) is 34.6 Å². The minimum Gasteiger partial charge on any atom is -0.505 e. The molecule has 0 aliphatic carbocycles. The number of carbonyl (C=O) groups is 3. The summed E-state index contributed by atoms with van der Waals surface area (Å²) in [5.41, 5.74) is 5.88. The van der Waals surface area contributed by atoms with Crippen molar-refractivity contribution >= 4 is 94.9 Å². The molecule has 0 fully saturated rings. The Balaban J connectivity index is 0.949. The van der Waals surface area contributed by atoms with Crippen LogP contribution in [0, 0.1) is 13.8 Å². The minimum absolute atomic E-state index is 0.0840. The molecule has 0 spiro atoms. The lowest BCUT2D eigenvalue weighted by Crippen LogP contribution is -2.13. The van der Waals surface area contributed by atoms with Crippen LogP contribution >= 0.6 is 0 Å². The molecule has 7 aromatic rings. The number of phenols is 1. The summed E-state index contributed by atoms with van der Waals surface area (Å²) in [6.45, 7) is 3.73. The molecule has 62 heavy (non-hydrogen) atoms. The van der Waals surface area contributed by atoms with Crippen LogP contribution in [-0.4, -0.2) is 41.0 Å². The number of aliphatic carboxylic acids is 1. The first-order valence-electron chi connectivity index (χ1n) is 18.9. The molecule has 0 saturated carbocycles. The van der Waals surface area contributed by atoms with Crippen LogP contribution in [0.5, 0.6) is 5.75 Å². The Kier molecular flexibility index (Phi) is 12.3. The monoisotopic (exact) mass is 848 g/mol. The van der Waals surface area contributed by atoms with Gasteiger partial charge in [0.15, 0.2) is 5.75 Å². The maximum absolute atomic E-state index is 13.0. The van der Waals surface area contributed by atoms with Gasteiger partial charge in [-0.05, 0) is 139 Å². The molecule has 16 nitrogen and oxygen atoms in total. The highest BCUT2D eigenvalue weighted by atomic mass is 32.2. The number of azo groups is 3. The lowest BCUT2D eigenvalue weighted by molar-refractivity contribution is -0.138. The Morgan fingerprint density at radius 2 is 1.13 bits per heavy atom. The third-order valence-electron chi connectivity index (χ3n) is 9.51. The second-order valence-electron chi connectivity index (χ2n) is 14.0. The summed E-state index contributed by atoms with van der Waals surface area (Å²) in [6, 6.07) is 34.7. The third-order valence-corrected chi connectivity index (χ3v) is 10.4. The zero-order valence-corrected chi connectivity index (χ0v) is 33.8. The summed E-state index contributed by atoms with van der Waals surface area (Å²) < 4.78 is 33.3. The molecule has 310 valence electrons. The SMILES string of the molecule is Cc1cc(N=Nc2ccc(N=Nc3ccc4cc(NC(=O)CCC(=O)O)ccc4c3O)cc2C)ccc1N=Nc1ccc(C(=O)Nc2ccc3cccc(S(=O)(=O)O)c3c2)cc1. The van der Waals surface area contributed by atoms with Gasteiger partial charge in [-0.2, -0.15) is 34.0 Å². The highest BCUT2D eigenvalue weighted by Crippen LogP contribution is 2.37. The fourth-order valence-electron chi connectivity index (χ4n) is 6.30. The van der Waals surface area contributed by atoms with Gasteiger partial charge in [-0.15, -0.1) is 5.11 Å². The normalized spacial score (nSPS) is 11.9. The molecular weight excluding hydrogens is 813 g/mol. The predicted molar refractivity (Wildman–Crippen MR) is 234 cm³/mol. The molecule has 7 rings (SSSR count). The molecule has 2 amide bonds. The Morgan fingerprint density at radius 3 is 1.76 bits per heavy atom. The third kappa shape index (κ3) is 10.2. The number of aryl methyl sites for hydroxylation is 2. The van der Waals surface area contributed by atoms with E-state index in [1.807, 2.05) is 19.9 Å². The zero-order chi connectivity index (χ0) is 44.0. The number of carbonyl (C=O) groups excluding carboxylic acids is 2. The Morgan fingerprint density at radius 1 is 0.565 bits per heavy atom. The summed E-state index contributed by atoms with van der Waals surface area (Å²) in [7, 11) is -4.46. The Hall–Kier alpha value is -8.02. The molecule has 17 heteroatoms. The minimum atomic E-state index is -4.46. The van der Waals surface area contributed by atoms with Crippen molar-refractivity contribution < 1.29 is 37.6 Å². The number of hydrogen-bond acceptors (Lipinski definition) is 12. The zero-order valence-electron chi connectivity index (χ0n) is 33.0. The van der Waals surface area contributed by atoms with E-state index < -0.39 is 27.9 Å². The molecule has 0 aromatic heterocycles. The Bertz CT molecular complexity index is 3110. The van der Waals surface area contributed by atoms with Crippen molar-refractivity contribution in [3.05, 3.63) is 144 Å². The van der Waals surface area contributed by atoms with E-state index in [9.17, 15) is 32.5 Å². The molecule has 0 heterocycles. The van der Waals surface area contributed by atoms with E-state index in [2.05, 4.69) is 41.3 Å². The average molecular weight is 849 g/mol. The topological polar surface area (TPSA) is 244 Å². The van der Waals surface area contributed by atoms with Crippen molar-refractivity contribution in [1.82, 2.24) is 0 Å². The van der Waals surface area contributed by atoms with Gasteiger partial charge in [0.1, 0.15) is 10.6 Å². The fourth-order valence-corrected chi connectivity index (χ4v) is 7.00. The number of rotatable bonds is 13. The molecule has 7 aromatic carbocycles. The number of carboxylic acids is 1. The van der Waals surface area contributed by atoms with E-state index >= 15 is 0 Å². The second-order valence-corrected chi connectivity index (χ2v) is 15.4. The van der Waals surface area contributed by atoms with E-state index in [0.29, 0.717) is 61.5 Å². The number of carboxylic acid groups (broad SMARTS) is 1. The quantitative estimate of drug-likeness (QED) is 0.0550. The van der Waals surface area contributed by atoms with Gasteiger partial charge < -0.3 is 20.8 Å². The molecule has 0 aliphatic rings. The van der Waals surface area contributed by atoms with Gasteiger partial charge in [0.25, 0.3) is 16.0 Å². The molecule has 0 saturated heterocycles. The molecule has 0 aliphatic heterocycles. The van der Waals surface area contributed by atoms with Gasteiger partial charge in [-0.1, -0.05) is 24.3 Å². The number of anilines is 2. The average Bonchev–Trinajstić information content (AvgIpc) is 3.24. The van der Waals surface area contributed by atoms with Crippen molar-refractivity contribution in [2.24, 2.45) is 30.7 Å². The van der Waals surface area contributed by atoms with Gasteiger partial charge in [0, 0.05) is 34.1 Å². The van der Waals surface area contributed by atoms with Gasteiger partial charge in [-0.3, -0.25) is 18.9 Å². The number of amides is 2. The lowest BCUT2D eigenvalue weighted by Gasteiger charge is -2.09. The van der Waals surface area contributed by atoms with Crippen LogP contribution < -0.4 is 10.6 Å². The number of hydrogen-bond donors (Lipinski definition) is 5. The van der Waals surface area contributed by atoms with Crippen molar-refractivity contribution in [2.75, 3.05) is 10.6 Å². The first kappa shape index (κ1) is 42.1. The van der Waals surface area contributed by atoms with Crippen LogP contribution in [0.15, 0.2) is 163 Å². The van der Waals surface area contributed by atoms with Crippen LogP contribution in [0.1, 0.15) is 34.3 Å². The lowest BCUT2D eigenvalue weighted by atomic mass is 10.1. The van der Waals surface area contributed by atoms with Gasteiger partial charge in [0.05, 0.1) is 34.9 Å². The standard InChI is InChI=1S/C45H36N8O8S/c1-26-22-34(14-18-38(26)51-48-31-10-7-29(8-11-31)45(58)47-33-12-6-28-4-3-5-41(37(28)25-33)62(59,60)61)49-52-39-19-15-35(23-27(39)2)50-53-40-17-9-30-24-32(13-16-36(30)44(40)57)46-42(54)20-21-43(55)56/h3-19,22-25,57H,20-21H2,1-2H3,(H,46,54)(H,47,58)(H,55,56)(H,59,60,61). The number of phenolic OH excluding ortho intramolecular Hbond substituents is 1. The maximum Gasteiger partial charge on any atom is 0.303 e. The van der Waals surface area contributed by atoms with Crippen molar-refractivity contribution in [1.29, 1.82) is 0 Å². The fraction of sp³-hybridized carbons (Fsp3) is 0.0889. The maximum atomic E-state index is 13.0. The van der Waals surface area contributed by atoms with Crippen molar-refractivity contribution in [3.8, 4) is 5.75 Å². The van der Waals surface area contributed by atoms with Gasteiger partial charge >= 0.3 is 5.97 Å². The second kappa shape index (κ2) is 18.1. The largest absolute Gasteiger partial charge is 0.505 e. The van der Waals surface area contributed by atoms with Crippen LogP contribution in [0.2, 0.25) is 0 Å².